The van der Waals surface area contributed by atoms with E-state index in [0.29, 0.717) is 5.56 Å². The van der Waals surface area contributed by atoms with Crippen LogP contribution >= 0.6 is 0 Å². The summed E-state index contributed by atoms with van der Waals surface area (Å²) in [5.74, 6) is -0.242. The second-order valence-corrected chi connectivity index (χ2v) is 7.52. The first-order valence-corrected chi connectivity index (χ1v) is 9.81. The number of Topliss-reactive ketones (excluding diaryl/α,β-unsaturated/α-hetero) is 1. The Kier molecular flexibility index (Phi) is 5.74. The summed E-state index contributed by atoms with van der Waals surface area (Å²) in [6.45, 7) is 0.687. The topological polar surface area (TPSA) is 137 Å². The number of aliphatic hydroxyl groups excluding tert-OH is 4. The first-order valence-electron chi connectivity index (χ1n) is 9.81. The van der Waals surface area contributed by atoms with Crippen LogP contribution in [0.3, 0.4) is 0 Å². The van der Waals surface area contributed by atoms with Gasteiger partial charge in [-0.05, 0) is 13.0 Å². The normalized spacial score (nSPS) is 26.2. The third kappa shape index (κ3) is 3.58. The predicted octanol–water partition coefficient (Wildman–Crippen LogP) is 1.18. The maximum atomic E-state index is 13.7. The average molecular weight is 426 g/mol. The summed E-state index contributed by atoms with van der Waals surface area (Å²) in [6.07, 6.45) is -7.53. The molecule has 0 saturated carbocycles. The number of rotatable bonds is 4. The van der Waals surface area contributed by atoms with Crippen LogP contribution in [0.15, 0.2) is 57.7 Å². The maximum Gasteiger partial charge on any atom is 0.199 e. The number of aliphatic hydroxyl groups is 4. The van der Waals surface area contributed by atoms with Gasteiger partial charge < -0.3 is 29.6 Å². The van der Waals surface area contributed by atoms with E-state index in [4.69, 9.17) is 9.15 Å². The van der Waals surface area contributed by atoms with Crippen LogP contribution in [-0.4, -0.2) is 57.2 Å². The molecule has 31 heavy (non-hydrogen) atoms. The molecule has 0 amide bonds. The van der Waals surface area contributed by atoms with E-state index in [0.717, 1.165) is 0 Å². The monoisotopic (exact) mass is 426 g/mol. The molecule has 0 bridgehead atoms. The average Bonchev–Trinajstić information content (AvgIpc) is 2.78. The molecule has 4 rings (SSSR count). The van der Waals surface area contributed by atoms with Crippen LogP contribution < -0.4 is 5.43 Å². The van der Waals surface area contributed by atoms with E-state index < -0.39 is 42.6 Å². The summed E-state index contributed by atoms with van der Waals surface area (Å²) in [6, 6.07) is 13.3. The molecule has 1 aliphatic heterocycles. The number of ketones is 1. The fraction of sp³-hybridized carbons (Fsp3) is 0.304. The van der Waals surface area contributed by atoms with Crippen LogP contribution in [0.2, 0.25) is 0 Å². The molecule has 1 saturated heterocycles. The molecule has 0 radical (unpaired) electrons. The molecule has 4 N–H and O–H groups in total. The molecule has 0 spiro atoms. The van der Waals surface area contributed by atoms with E-state index in [2.05, 4.69) is 0 Å². The van der Waals surface area contributed by atoms with Gasteiger partial charge in [0.05, 0.1) is 17.6 Å². The fourth-order valence-corrected chi connectivity index (χ4v) is 3.95. The second-order valence-electron chi connectivity index (χ2n) is 7.52. The van der Waals surface area contributed by atoms with Crippen molar-refractivity contribution in [3.8, 4) is 11.3 Å². The van der Waals surface area contributed by atoms with Gasteiger partial charge in [0.25, 0.3) is 0 Å². The highest BCUT2D eigenvalue weighted by Crippen LogP contribution is 2.37. The Morgan fingerprint density at radius 2 is 1.68 bits per heavy atom. The zero-order chi connectivity index (χ0) is 22.3. The molecular weight excluding hydrogens is 404 g/mol. The number of carbonyl (C=O) groups excluding carboxylic acids is 1. The minimum atomic E-state index is -1.68. The van der Waals surface area contributed by atoms with Crippen LogP contribution in [0.4, 0.5) is 0 Å². The number of hydrogen-bond donors (Lipinski definition) is 4. The SMILES string of the molecule is CC(=O)c1cccc2oc(-c3ccccc3)c(C3O[C@H](CO)[C@@H](O)[C@H](O)[C@H]3O)c(=O)c12. The van der Waals surface area contributed by atoms with Gasteiger partial charge in [0.2, 0.25) is 0 Å². The molecule has 162 valence electrons. The number of fused-ring (bicyclic) bond motifs is 1. The van der Waals surface area contributed by atoms with Crippen LogP contribution in [0.25, 0.3) is 22.3 Å². The van der Waals surface area contributed by atoms with Crippen molar-refractivity contribution in [2.24, 2.45) is 0 Å². The van der Waals surface area contributed by atoms with E-state index >= 15 is 0 Å². The highest BCUT2D eigenvalue weighted by Gasteiger charge is 2.46. The fourth-order valence-electron chi connectivity index (χ4n) is 3.95. The molecule has 8 heteroatoms. The molecule has 2 aromatic carbocycles. The summed E-state index contributed by atoms with van der Waals surface area (Å²) >= 11 is 0. The summed E-state index contributed by atoms with van der Waals surface area (Å²) in [4.78, 5) is 25.8. The van der Waals surface area contributed by atoms with E-state index in [9.17, 15) is 30.0 Å². The number of hydrogen-bond acceptors (Lipinski definition) is 8. The highest BCUT2D eigenvalue weighted by atomic mass is 16.5. The van der Waals surface area contributed by atoms with Gasteiger partial charge in [0.15, 0.2) is 11.2 Å². The quantitative estimate of drug-likeness (QED) is 0.457. The summed E-state index contributed by atoms with van der Waals surface area (Å²) < 4.78 is 11.7. The van der Waals surface area contributed by atoms with Gasteiger partial charge in [-0.25, -0.2) is 0 Å². The smallest absolute Gasteiger partial charge is 0.199 e. The van der Waals surface area contributed by atoms with E-state index in [1.54, 1.807) is 42.5 Å². The Bertz CT molecular complexity index is 1170. The lowest BCUT2D eigenvalue weighted by atomic mass is 9.88. The highest BCUT2D eigenvalue weighted by molar-refractivity contribution is 6.06. The van der Waals surface area contributed by atoms with Gasteiger partial charge in [0, 0.05) is 11.1 Å². The first kappa shape index (κ1) is 21.4. The van der Waals surface area contributed by atoms with Crippen LogP contribution in [0, 0.1) is 0 Å². The van der Waals surface area contributed by atoms with E-state index in [1.807, 2.05) is 0 Å². The van der Waals surface area contributed by atoms with Crippen molar-refractivity contribution < 1.29 is 34.4 Å². The lowest BCUT2D eigenvalue weighted by molar-refractivity contribution is -0.232. The van der Waals surface area contributed by atoms with Gasteiger partial charge in [-0.2, -0.15) is 0 Å². The molecule has 1 fully saturated rings. The maximum absolute atomic E-state index is 13.7. The second kappa shape index (κ2) is 8.33. The summed E-state index contributed by atoms with van der Waals surface area (Å²) in [5, 5.41) is 40.6. The molecule has 0 aliphatic carbocycles. The minimum Gasteiger partial charge on any atom is -0.455 e. The lowest BCUT2D eigenvalue weighted by Crippen LogP contribution is -2.55. The van der Waals surface area contributed by atoms with Gasteiger partial charge >= 0.3 is 0 Å². The zero-order valence-corrected chi connectivity index (χ0v) is 16.6. The Morgan fingerprint density at radius 3 is 2.32 bits per heavy atom. The Balaban J connectivity index is 2.04. The van der Waals surface area contributed by atoms with Gasteiger partial charge in [-0.1, -0.05) is 42.5 Å². The lowest BCUT2D eigenvalue weighted by Gasteiger charge is -2.40. The van der Waals surface area contributed by atoms with Gasteiger partial charge in [-0.3, -0.25) is 9.59 Å². The van der Waals surface area contributed by atoms with Crippen molar-refractivity contribution in [2.75, 3.05) is 6.61 Å². The summed E-state index contributed by atoms with van der Waals surface area (Å²) in [5.41, 5.74) is 0.141. The van der Waals surface area contributed by atoms with Crippen molar-refractivity contribution >= 4 is 16.8 Å². The Morgan fingerprint density at radius 1 is 0.968 bits per heavy atom. The molecular formula is C23H22O8. The van der Waals surface area contributed by atoms with Crippen LogP contribution in [0.1, 0.15) is 28.9 Å². The van der Waals surface area contributed by atoms with Crippen molar-refractivity contribution in [3.63, 3.8) is 0 Å². The van der Waals surface area contributed by atoms with Crippen molar-refractivity contribution in [1.29, 1.82) is 0 Å². The van der Waals surface area contributed by atoms with Crippen molar-refractivity contribution in [1.82, 2.24) is 0 Å². The summed E-state index contributed by atoms with van der Waals surface area (Å²) in [7, 11) is 0. The molecule has 1 aromatic heterocycles. The molecule has 8 nitrogen and oxygen atoms in total. The molecule has 5 atom stereocenters. The number of benzene rings is 2. The molecule has 1 aliphatic rings. The Labute approximate surface area is 177 Å². The van der Waals surface area contributed by atoms with Crippen LogP contribution in [-0.2, 0) is 4.74 Å². The van der Waals surface area contributed by atoms with E-state index in [-0.39, 0.29) is 33.6 Å². The van der Waals surface area contributed by atoms with E-state index in [1.165, 1.54) is 13.0 Å². The molecule has 3 aromatic rings. The zero-order valence-electron chi connectivity index (χ0n) is 16.6. The first-order chi connectivity index (χ1) is 14.8. The predicted molar refractivity (Wildman–Crippen MR) is 111 cm³/mol. The standard InChI is InChI=1S/C23H22O8/c1-11(25)13-8-5-9-14-16(13)19(27)17(22(30-14)12-6-3-2-4-7-12)23-21(29)20(28)18(26)15(10-24)31-23/h2-9,15,18,20-21,23-24,26,28-29H,10H2,1H3/t15-,18-,20+,21-,23?/m1/s1. The molecule has 2 heterocycles. The van der Waals surface area contributed by atoms with Crippen molar-refractivity contribution in [3.05, 3.63) is 69.9 Å². The Hall–Kier alpha value is -2.88. The number of carbonyl (C=O) groups is 1. The largest absolute Gasteiger partial charge is 0.455 e. The minimum absolute atomic E-state index is 0.0293. The van der Waals surface area contributed by atoms with Crippen LogP contribution in [0.5, 0.6) is 0 Å². The third-order valence-electron chi connectivity index (χ3n) is 5.55. The third-order valence-corrected chi connectivity index (χ3v) is 5.55. The molecule has 1 unspecified atom stereocenters. The van der Waals surface area contributed by atoms with Gasteiger partial charge in [-0.15, -0.1) is 0 Å². The van der Waals surface area contributed by atoms with Gasteiger partial charge in [0.1, 0.15) is 41.9 Å². The number of ether oxygens (including phenoxy) is 1. The van der Waals surface area contributed by atoms with Crippen molar-refractivity contribution in [2.45, 2.75) is 37.4 Å².